The molecule has 11 nitrogen and oxygen atoms in total. The Morgan fingerprint density at radius 3 is 2.37 bits per heavy atom. The highest BCUT2D eigenvalue weighted by Gasteiger charge is 2.28. The van der Waals surface area contributed by atoms with Gasteiger partial charge >= 0.3 is 12.1 Å². The van der Waals surface area contributed by atoms with Crippen molar-refractivity contribution in [2.24, 2.45) is 5.92 Å². The van der Waals surface area contributed by atoms with Crippen molar-refractivity contribution in [1.82, 2.24) is 20.7 Å². The SMILES string of the molecule is CC(OC(=O)OC1CCCCC1)OC(=O)[C@H](CO)C[C@@H](Cc1ccc(-c2ccccc2)cc1)NC(=O)c1cnn[nH]1. The average Bonchev–Trinajstić information content (AvgIpc) is 3.52. The van der Waals surface area contributed by atoms with E-state index in [1.54, 1.807) is 0 Å². The number of aromatic nitrogens is 3. The van der Waals surface area contributed by atoms with Gasteiger partial charge in [0, 0.05) is 13.0 Å². The zero-order chi connectivity index (χ0) is 29.0. The number of nitrogens with zero attached hydrogens (tertiary/aromatic N) is 2. The maximum atomic E-state index is 12.9. The highest BCUT2D eigenvalue weighted by Crippen LogP contribution is 2.22. The van der Waals surface area contributed by atoms with E-state index in [0.717, 1.165) is 48.8 Å². The number of hydrogen-bond acceptors (Lipinski definition) is 9. The maximum absolute atomic E-state index is 12.9. The highest BCUT2D eigenvalue weighted by atomic mass is 16.8. The first-order chi connectivity index (χ1) is 19.9. The van der Waals surface area contributed by atoms with Crippen LogP contribution in [0.2, 0.25) is 0 Å². The number of aromatic amines is 1. The van der Waals surface area contributed by atoms with Crippen molar-refractivity contribution in [2.75, 3.05) is 6.61 Å². The van der Waals surface area contributed by atoms with Gasteiger partial charge in [-0.05, 0) is 55.2 Å². The van der Waals surface area contributed by atoms with Crippen LogP contribution < -0.4 is 5.32 Å². The molecule has 1 amide bonds. The van der Waals surface area contributed by atoms with Crippen LogP contribution in [0.25, 0.3) is 11.1 Å². The van der Waals surface area contributed by atoms with E-state index in [1.807, 2.05) is 54.6 Å². The number of rotatable bonds is 12. The number of aliphatic hydroxyl groups is 1. The predicted molar refractivity (Wildman–Crippen MR) is 148 cm³/mol. The minimum atomic E-state index is -1.21. The molecule has 0 spiro atoms. The first-order valence-electron chi connectivity index (χ1n) is 13.9. The lowest BCUT2D eigenvalue weighted by Gasteiger charge is -2.25. The molecule has 3 aromatic rings. The van der Waals surface area contributed by atoms with E-state index >= 15 is 0 Å². The molecule has 41 heavy (non-hydrogen) atoms. The number of benzene rings is 2. The number of aliphatic hydroxyl groups excluding tert-OH is 1. The van der Waals surface area contributed by atoms with Gasteiger partial charge in [0.25, 0.3) is 5.91 Å². The van der Waals surface area contributed by atoms with Gasteiger partial charge < -0.3 is 24.6 Å². The van der Waals surface area contributed by atoms with E-state index in [4.69, 9.17) is 14.2 Å². The van der Waals surface area contributed by atoms with Crippen LogP contribution in [0.4, 0.5) is 4.79 Å². The molecule has 11 heteroatoms. The Balaban J connectivity index is 1.37. The van der Waals surface area contributed by atoms with Gasteiger partial charge in [-0.15, -0.1) is 5.10 Å². The molecule has 0 saturated heterocycles. The van der Waals surface area contributed by atoms with Gasteiger partial charge in [0.1, 0.15) is 11.8 Å². The lowest BCUT2D eigenvalue weighted by Crippen LogP contribution is -2.40. The molecule has 0 radical (unpaired) electrons. The molecule has 2 aromatic carbocycles. The highest BCUT2D eigenvalue weighted by molar-refractivity contribution is 5.92. The summed E-state index contributed by atoms with van der Waals surface area (Å²) < 4.78 is 15.7. The lowest BCUT2D eigenvalue weighted by molar-refractivity contribution is -0.175. The van der Waals surface area contributed by atoms with E-state index in [0.29, 0.717) is 6.42 Å². The van der Waals surface area contributed by atoms with Crippen LogP contribution in [0.3, 0.4) is 0 Å². The van der Waals surface area contributed by atoms with Crippen molar-refractivity contribution < 1.29 is 33.7 Å². The molecule has 1 aromatic heterocycles. The van der Waals surface area contributed by atoms with E-state index in [1.165, 1.54) is 13.1 Å². The van der Waals surface area contributed by atoms with Crippen LogP contribution in [0.15, 0.2) is 60.8 Å². The Labute approximate surface area is 238 Å². The molecular formula is C30H36N4O7. The second-order valence-electron chi connectivity index (χ2n) is 10.2. The van der Waals surface area contributed by atoms with Gasteiger partial charge in [-0.2, -0.15) is 0 Å². The van der Waals surface area contributed by atoms with Crippen molar-refractivity contribution in [3.63, 3.8) is 0 Å². The van der Waals surface area contributed by atoms with E-state index in [2.05, 4.69) is 20.7 Å². The van der Waals surface area contributed by atoms with Crippen molar-refractivity contribution >= 4 is 18.0 Å². The molecule has 4 rings (SSSR count). The van der Waals surface area contributed by atoms with Crippen LogP contribution in [-0.4, -0.2) is 63.6 Å². The van der Waals surface area contributed by atoms with Crippen LogP contribution in [0.1, 0.15) is 61.5 Å². The van der Waals surface area contributed by atoms with E-state index in [-0.39, 0.29) is 18.2 Å². The molecule has 218 valence electrons. The van der Waals surface area contributed by atoms with Crippen molar-refractivity contribution in [3.05, 3.63) is 72.1 Å². The van der Waals surface area contributed by atoms with Crippen molar-refractivity contribution in [3.8, 4) is 11.1 Å². The molecule has 1 heterocycles. The largest absolute Gasteiger partial charge is 0.511 e. The summed E-state index contributed by atoms with van der Waals surface area (Å²) in [6.07, 6.45) is 4.12. The molecule has 1 aliphatic rings. The minimum Gasteiger partial charge on any atom is -0.431 e. The standard InChI is InChI=1S/C30H36N4O7/c1-20(40-30(38)41-26-10-6-3-7-11-26)39-29(37)24(19-35)17-25(32-28(36)27-18-31-34-33-27)16-21-12-14-23(15-13-21)22-8-4-2-5-9-22/h2,4-5,8-9,12-15,18,20,24-26,35H,3,6-7,10-11,16-17,19H2,1H3,(H,32,36)(H,31,33,34)/t20?,24-,25+/m0/s1. The number of H-pyrrole nitrogens is 1. The van der Waals surface area contributed by atoms with Crippen molar-refractivity contribution in [1.29, 1.82) is 0 Å². The Bertz CT molecular complexity index is 1250. The summed E-state index contributed by atoms with van der Waals surface area (Å²) in [7, 11) is 0. The molecule has 0 aliphatic heterocycles. The Morgan fingerprint density at radius 1 is 1.00 bits per heavy atom. The second-order valence-corrected chi connectivity index (χ2v) is 10.2. The Kier molecular flexibility index (Phi) is 10.8. The summed E-state index contributed by atoms with van der Waals surface area (Å²) in [5.74, 6) is -2.19. The summed E-state index contributed by atoms with van der Waals surface area (Å²) in [6, 6.07) is 17.3. The molecular weight excluding hydrogens is 528 g/mol. The average molecular weight is 565 g/mol. The summed E-state index contributed by atoms with van der Waals surface area (Å²) in [4.78, 5) is 37.8. The number of esters is 1. The summed E-state index contributed by atoms with van der Waals surface area (Å²) in [5.41, 5.74) is 3.21. The number of carbonyl (C=O) groups excluding carboxylic acids is 3. The summed E-state index contributed by atoms with van der Waals surface area (Å²) in [6.45, 7) is 0.885. The van der Waals surface area contributed by atoms with Gasteiger partial charge in [0.2, 0.25) is 6.29 Å². The zero-order valence-corrected chi connectivity index (χ0v) is 23.0. The molecule has 1 unspecified atom stereocenters. The molecule has 0 bridgehead atoms. The van der Waals surface area contributed by atoms with Gasteiger partial charge in [-0.3, -0.25) is 14.7 Å². The molecule has 1 saturated carbocycles. The van der Waals surface area contributed by atoms with Crippen LogP contribution >= 0.6 is 0 Å². The Hall–Kier alpha value is -4.25. The third kappa shape index (κ3) is 9.14. The zero-order valence-electron chi connectivity index (χ0n) is 23.0. The van der Waals surface area contributed by atoms with E-state index < -0.39 is 42.9 Å². The van der Waals surface area contributed by atoms with Gasteiger partial charge in [-0.25, -0.2) is 4.79 Å². The third-order valence-electron chi connectivity index (χ3n) is 7.02. The Morgan fingerprint density at radius 2 is 1.71 bits per heavy atom. The maximum Gasteiger partial charge on any atom is 0.511 e. The lowest BCUT2D eigenvalue weighted by atomic mass is 9.94. The molecule has 3 atom stereocenters. The van der Waals surface area contributed by atoms with E-state index in [9.17, 15) is 19.5 Å². The number of amides is 1. The van der Waals surface area contributed by atoms with Crippen LogP contribution in [-0.2, 0) is 25.4 Å². The monoisotopic (exact) mass is 564 g/mol. The fourth-order valence-corrected chi connectivity index (χ4v) is 4.87. The first kappa shape index (κ1) is 29.7. The predicted octanol–water partition coefficient (Wildman–Crippen LogP) is 4.19. The smallest absolute Gasteiger partial charge is 0.431 e. The fraction of sp³-hybridized carbons (Fsp3) is 0.433. The summed E-state index contributed by atoms with van der Waals surface area (Å²) in [5, 5.41) is 22.7. The number of nitrogens with one attached hydrogen (secondary N) is 2. The van der Waals surface area contributed by atoms with Gasteiger partial charge in [0.15, 0.2) is 0 Å². The van der Waals surface area contributed by atoms with Gasteiger partial charge in [0.05, 0.1) is 18.7 Å². The van der Waals surface area contributed by atoms with Crippen LogP contribution in [0.5, 0.6) is 0 Å². The van der Waals surface area contributed by atoms with Crippen LogP contribution in [0, 0.1) is 5.92 Å². The number of ether oxygens (including phenoxy) is 3. The first-order valence-corrected chi connectivity index (χ1v) is 13.9. The minimum absolute atomic E-state index is 0.0717. The summed E-state index contributed by atoms with van der Waals surface area (Å²) >= 11 is 0. The molecule has 1 aliphatic carbocycles. The quantitative estimate of drug-likeness (QED) is 0.217. The third-order valence-corrected chi connectivity index (χ3v) is 7.02. The fourth-order valence-electron chi connectivity index (χ4n) is 4.87. The topological polar surface area (TPSA) is 153 Å². The molecule has 3 N–H and O–H groups in total. The normalized spacial score (nSPS) is 15.8. The molecule has 1 fully saturated rings. The number of hydrogen-bond donors (Lipinski definition) is 3. The number of carbonyl (C=O) groups is 3. The second kappa shape index (κ2) is 14.9. The van der Waals surface area contributed by atoms with Crippen molar-refractivity contribution in [2.45, 2.75) is 70.3 Å². The van der Waals surface area contributed by atoms with Gasteiger partial charge in [-0.1, -0.05) is 66.2 Å².